The Bertz CT molecular complexity index is 657. The summed E-state index contributed by atoms with van der Waals surface area (Å²) in [5.41, 5.74) is 0.580. The van der Waals surface area contributed by atoms with E-state index in [4.69, 9.17) is 9.47 Å². The van der Waals surface area contributed by atoms with Crippen LogP contribution >= 0.6 is 0 Å². The number of ether oxygens (including phenoxy) is 2. The number of unbranched alkanes of at least 4 members (excludes halogenated alkanes) is 11. The Morgan fingerprint density at radius 3 is 2.03 bits per heavy atom. The number of carbonyl (C=O) groups is 2. The zero-order valence-corrected chi connectivity index (χ0v) is 21.1. The van der Waals surface area contributed by atoms with Crippen LogP contribution in [0.25, 0.3) is 0 Å². The van der Waals surface area contributed by atoms with Crippen molar-refractivity contribution < 1.29 is 19.1 Å². The van der Waals surface area contributed by atoms with Crippen molar-refractivity contribution in [2.75, 3.05) is 0 Å². The molecule has 2 rings (SSSR count). The topological polar surface area (TPSA) is 52.6 Å². The molecule has 3 unspecified atom stereocenters. The molecule has 4 heteroatoms. The van der Waals surface area contributed by atoms with E-state index in [1.807, 2.05) is 18.2 Å². The van der Waals surface area contributed by atoms with E-state index in [0.29, 0.717) is 12.0 Å². The lowest BCUT2D eigenvalue weighted by Gasteiger charge is -2.37. The van der Waals surface area contributed by atoms with Crippen LogP contribution in [0.1, 0.15) is 127 Å². The van der Waals surface area contributed by atoms with Crippen molar-refractivity contribution in [2.24, 2.45) is 5.92 Å². The molecule has 1 saturated heterocycles. The lowest BCUT2D eigenvalue weighted by molar-refractivity contribution is -0.188. The van der Waals surface area contributed by atoms with Gasteiger partial charge in [-0.1, -0.05) is 109 Å². The molecule has 1 aromatic rings. The van der Waals surface area contributed by atoms with Gasteiger partial charge >= 0.3 is 11.9 Å². The summed E-state index contributed by atoms with van der Waals surface area (Å²) in [5.74, 6) is -0.378. The van der Waals surface area contributed by atoms with Crippen LogP contribution < -0.4 is 0 Å². The van der Waals surface area contributed by atoms with Crippen molar-refractivity contribution in [1.29, 1.82) is 0 Å². The van der Waals surface area contributed by atoms with Gasteiger partial charge < -0.3 is 9.47 Å². The molecule has 1 aromatic carbocycles. The molecule has 4 nitrogen and oxygen atoms in total. The van der Waals surface area contributed by atoms with Gasteiger partial charge in [0.05, 0.1) is 11.5 Å². The standard InChI is InChI=1S/C29H46O4/c1-3-5-7-9-10-11-12-13-17-21-25(32-28(30)24-19-15-14-16-20-24)23-27-26(29(31)33-27)22-18-8-6-4-2/h14-16,19-20,25-27H,3-13,17-18,21-23H2,1-2H3. The van der Waals surface area contributed by atoms with Crippen molar-refractivity contribution in [3.63, 3.8) is 0 Å². The Balaban J connectivity index is 1.79. The van der Waals surface area contributed by atoms with E-state index in [2.05, 4.69) is 13.8 Å². The van der Waals surface area contributed by atoms with Gasteiger partial charge in [0.25, 0.3) is 0 Å². The lowest BCUT2D eigenvalue weighted by atomic mass is 9.86. The molecule has 0 radical (unpaired) electrons. The Labute approximate surface area is 201 Å². The van der Waals surface area contributed by atoms with E-state index in [-0.39, 0.29) is 30.1 Å². The fourth-order valence-corrected chi connectivity index (χ4v) is 4.67. The molecule has 1 aliphatic heterocycles. The minimum atomic E-state index is -0.276. The smallest absolute Gasteiger partial charge is 0.338 e. The molecule has 1 fully saturated rings. The zero-order chi connectivity index (χ0) is 23.7. The van der Waals surface area contributed by atoms with Gasteiger partial charge in [0.15, 0.2) is 0 Å². The second-order valence-electron chi connectivity index (χ2n) is 9.68. The van der Waals surface area contributed by atoms with E-state index in [1.165, 1.54) is 57.8 Å². The van der Waals surface area contributed by atoms with Crippen LogP contribution in [0, 0.1) is 5.92 Å². The van der Waals surface area contributed by atoms with Crippen LogP contribution in [0.2, 0.25) is 0 Å². The SMILES string of the molecule is CCCCCCCCCCCC(CC1OC(=O)C1CCCCCC)OC(=O)c1ccccc1. The fourth-order valence-electron chi connectivity index (χ4n) is 4.67. The van der Waals surface area contributed by atoms with Crippen LogP contribution in [0.5, 0.6) is 0 Å². The number of hydrogen-bond donors (Lipinski definition) is 0. The summed E-state index contributed by atoms with van der Waals surface area (Å²) in [6, 6.07) is 9.18. The first-order valence-electron chi connectivity index (χ1n) is 13.6. The first kappa shape index (κ1) is 27.4. The van der Waals surface area contributed by atoms with Gasteiger partial charge in [-0.3, -0.25) is 4.79 Å². The maximum atomic E-state index is 12.7. The highest BCUT2D eigenvalue weighted by atomic mass is 16.6. The van der Waals surface area contributed by atoms with Gasteiger partial charge in [0, 0.05) is 6.42 Å². The van der Waals surface area contributed by atoms with Crippen molar-refractivity contribution in [2.45, 2.75) is 129 Å². The molecule has 0 amide bonds. The fraction of sp³-hybridized carbons (Fsp3) is 0.724. The third kappa shape index (κ3) is 10.8. The Morgan fingerprint density at radius 1 is 0.848 bits per heavy atom. The summed E-state index contributed by atoms with van der Waals surface area (Å²) in [4.78, 5) is 24.7. The maximum absolute atomic E-state index is 12.7. The van der Waals surface area contributed by atoms with E-state index < -0.39 is 0 Å². The Kier molecular flexibility index (Phi) is 13.9. The predicted molar refractivity (Wildman–Crippen MR) is 134 cm³/mol. The third-order valence-electron chi connectivity index (χ3n) is 6.80. The molecule has 0 spiro atoms. The van der Waals surface area contributed by atoms with Gasteiger partial charge in [0.2, 0.25) is 0 Å². The molecule has 3 atom stereocenters. The Hall–Kier alpha value is -1.84. The van der Waals surface area contributed by atoms with Gasteiger partial charge in [-0.05, 0) is 31.4 Å². The van der Waals surface area contributed by atoms with Gasteiger partial charge in [-0.2, -0.15) is 0 Å². The largest absolute Gasteiger partial charge is 0.461 e. The van der Waals surface area contributed by atoms with Crippen LogP contribution in [0.15, 0.2) is 30.3 Å². The quantitative estimate of drug-likeness (QED) is 0.155. The highest BCUT2D eigenvalue weighted by Crippen LogP contribution is 2.32. The highest BCUT2D eigenvalue weighted by molar-refractivity contribution is 5.89. The van der Waals surface area contributed by atoms with E-state index in [9.17, 15) is 9.59 Å². The summed E-state index contributed by atoms with van der Waals surface area (Å²) in [6.07, 6.45) is 18.1. The summed E-state index contributed by atoms with van der Waals surface area (Å²) >= 11 is 0. The van der Waals surface area contributed by atoms with E-state index in [0.717, 1.165) is 38.5 Å². The molecular weight excluding hydrogens is 412 g/mol. The molecule has 0 aromatic heterocycles. The first-order chi connectivity index (χ1) is 16.2. The number of benzene rings is 1. The monoisotopic (exact) mass is 458 g/mol. The minimum absolute atomic E-state index is 0.0251. The molecule has 0 aliphatic carbocycles. The second kappa shape index (κ2) is 16.7. The summed E-state index contributed by atoms with van der Waals surface area (Å²) in [7, 11) is 0. The number of cyclic esters (lactones) is 1. The molecular formula is C29H46O4. The van der Waals surface area contributed by atoms with Crippen LogP contribution in [0.4, 0.5) is 0 Å². The van der Waals surface area contributed by atoms with Crippen LogP contribution in [-0.2, 0) is 14.3 Å². The molecule has 0 N–H and O–H groups in total. The minimum Gasteiger partial charge on any atom is -0.461 e. The zero-order valence-electron chi connectivity index (χ0n) is 21.1. The molecule has 0 bridgehead atoms. The number of hydrogen-bond acceptors (Lipinski definition) is 4. The molecule has 1 aliphatic rings. The van der Waals surface area contributed by atoms with Crippen molar-refractivity contribution in [3.05, 3.63) is 35.9 Å². The lowest BCUT2D eigenvalue weighted by Crippen LogP contribution is -2.47. The average molecular weight is 459 g/mol. The number of rotatable bonds is 19. The Morgan fingerprint density at radius 2 is 1.42 bits per heavy atom. The second-order valence-corrected chi connectivity index (χ2v) is 9.68. The molecule has 33 heavy (non-hydrogen) atoms. The summed E-state index contributed by atoms with van der Waals surface area (Å²) in [5, 5.41) is 0. The molecule has 1 heterocycles. The molecule has 0 saturated carbocycles. The van der Waals surface area contributed by atoms with Gasteiger partial charge in [0.1, 0.15) is 12.2 Å². The van der Waals surface area contributed by atoms with Gasteiger partial charge in [-0.15, -0.1) is 0 Å². The normalized spacial score (nSPS) is 18.4. The average Bonchev–Trinajstić information content (AvgIpc) is 2.82. The summed E-state index contributed by atoms with van der Waals surface area (Å²) < 4.78 is 11.4. The van der Waals surface area contributed by atoms with E-state index in [1.54, 1.807) is 12.1 Å². The predicted octanol–water partition coefficient (Wildman–Crippen LogP) is 8.04. The van der Waals surface area contributed by atoms with Crippen molar-refractivity contribution in [1.82, 2.24) is 0 Å². The van der Waals surface area contributed by atoms with E-state index >= 15 is 0 Å². The highest BCUT2D eigenvalue weighted by Gasteiger charge is 2.43. The van der Waals surface area contributed by atoms with Crippen LogP contribution in [-0.4, -0.2) is 24.1 Å². The van der Waals surface area contributed by atoms with Crippen molar-refractivity contribution in [3.8, 4) is 0 Å². The summed E-state index contributed by atoms with van der Waals surface area (Å²) in [6.45, 7) is 4.44. The van der Waals surface area contributed by atoms with Crippen LogP contribution in [0.3, 0.4) is 0 Å². The first-order valence-corrected chi connectivity index (χ1v) is 13.6. The third-order valence-corrected chi connectivity index (χ3v) is 6.80. The van der Waals surface area contributed by atoms with Crippen molar-refractivity contribution >= 4 is 11.9 Å². The molecule has 186 valence electrons. The number of carbonyl (C=O) groups excluding carboxylic acids is 2. The number of esters is 2. The maximum Gasteiger partial charge on any atom is 0.338 e. The van der Waals surface area contributed by atoms with Gasteiger partial charge in [-0.25, -0.2) is 4.79 Å².